The molecule has 2 aromatic heterocycles. The van der Waals surface area contributed by atoms with Crippen molar-refractivity contribution >= 4 is 11.6 Å². The minimum Gasteiger partial charge on any atom is -0.378 e. The first kappa shape index (κ1) is 16.3. The normalized spacial score (nSPS) is 14.2. The maximum absolute atomic E-state index is 12.2. The van der Waals surface area contributed by atoms with Crippen molar-refractivity contribution in [2.24, 2.45) is 0 Å². The minimum absolute atomic E-state index is 0.255. The zero-order valence-electron chi connectivity index (χ0n) is 14.2. The molecule has 1 aliphatic heterocycles. The van der Waals surface area contributed by atoms with Crippen LogP contribution in [0.4, 0.5) is 5.69 Å². The van der Waals surface area contributed by atoms with Gasteiger partial charge in [-0.05, 0) is 30.3 Å². The van der Waals surface area contributed by atoms with Crippen molar-refractivity contribution in [3.63, 3.8) is 0 Å². The first-order valence-corrected chi connectivity index (χ1v) is 8.50. The molecule has 0 aliphatic carbocycles. The molecule has 1 N–H and O–H groups in total. The lowest BCUT2D eigenvalue weighted by Gasteiger charge is -2.29. The van der Waals surface area contributed by atoms with Crippen molar-refractivity contribution in [2.75, 3.05) is 36.6 Å². The van der Waals surface area contributed by atoms with Crippen LogP contribution in [0.3, 0.4) is 0 Å². The number of amides is 1. The third-order valence-corrected chi connectivity index (χ3v) is 4.25. The molecule has 1 aliphatic rings. The SMILES string of the molecule is O=C(Nn1ccc(-c2cccc(N3CCOCC3)c2)n1)c1cccnc1. The van der Waals surface area contributed by atoms with E-state index in [-0.39, 0.29) is 5.91 Å². The van der Waals surface area contributed by atoms with E-state index in [4.69, 9.17) is 4.74 Å². The predicted molar refractivity (Wildman–Crippen MR) is 98.6 cm³/mol. The molecular weight excluding hydrogens is 330 g/mol. The second-order valence-corrected chi connectivity index (χ2v) is 5.98. The van der Waals surface area contributed by atoms with Gasteiger partial charge in [-0.2, -0.15) is 9.89 Å². The van der Waals surface area contributed by atoms with Crippen molar-refractivity contribution < 1.29 is 9.53 Å². The zero-order valence-corrected chi connectivity index (χ0v) is 14.2. The average Bonchev–Trinajstić information content (AvgIpc) is 3.18. The molecule has 0 spiro atoms. The third-order valence-electron chi connectivity index (χ3n) is 4.25. The van der Waals surface area contributed by atoms with Gasteiger partial charge in [0.15, 0.2) is 0 Å². The summed E-state index contributed by atoms with van der Waals surface area (Å²) < 4.78 is 5.41. The Morgan fingerprint density at radius 1 is 1.12 bits per heavy atom. The molecule has 1 fully saturated rings. The molecule has 3 aromatic rings. The van der Waals surface area contributed by atoms with Gasteiger partial charge in [-0.1, -0.05) is 12.1 Å². The van der Waals surface area contributed by atoms with E-state index >= 15 is 0 Å². The van der Waals surface area contributed by atoms with Crippen molar-refractivity contribution in [3.05, 3.63) is 66.6 Å². The number of nitrogens with one attached hydrogen (secondary N) is 1. The Hall–Kier alpha value is -3.19. The molecule has 1 saturated heterocycles. The summed E-state index contributed by atoms with van der Waals surface area (Å²) in [7, 11) is 0. The van der Waals surface area contributed by atoms with Gasteiger partial charge in [0.05, 0.1) is 24.5 Å². The lowest BCUT2D eigenvalue weighted by molar-refractivity contribution is 0.100. The molecule has 26 heavy (non-hydrogen) atoms. The van der Waals surface area contributed by atoms with Crippen LogP contribution in [0.25, 0.3) is 11.3 Å². The standard InChI is InChI=1S/C19H19N5O2/c25-19(16-4-2-7-20-14-16)22-24-8-6-18(21-24)15-3-1-5-17(13-15)23-9-11-26-12-10-23/h1-8,13-14H,9-12H2,(H,22,25). The number of carbonyl (C=O) groups is 1. The van der Waals surface area contributed by atoms with Gasteiger partial charge in [0.2, 0.25) is 0 Å². The highest BCUT2D eigenvalue weighted by Gasteiger charge is 2.13. The fourth-order valence-corrected chi connectivity index (χ4v) is 2.89. The number of benzene rings is 1. The van der Waals surface area contributed by atoms with E-state index in [1.165, 1.54) is 11.0 Å². The largest absolute Gasteiger partial charge is 0.378 e. The van der Waals surface area contributed by atoms with Crippen LogP contribution in [0.15, 0.2) is 61.1 Å². The number of anilines is 1. The monoisotopic (exact) mass is 349 g/mol. The van der Waals surface area contributed by atoms with Crippen LogP contribution in [0.2, 0.25) is 0 Å². The molecule has 1 amide bonds. The highest BCUT2D eigenvalue weighted by molar-refractivity contribution is 5.99. The third kappa shape index (κ3) is 3.57. The molecule has 1 aromatic carbocycles. The lowest BCUT2D eigenvalue weighted by atomic mass is 10.1. The van der Waals surface area contributed by atoms with Crippen LogP contribution in [-0.4, -0.2) is 47.1 Å². The van der Waals surface area contributed by atoms with Crippen LogP contribution >= 0.6 is 0 Å². The Morgan fingerprint density at radius 3 is 2.81 bits per heavy atom. The number of carbonyl (C=O) groups excluding carboxylic acids is 1. The fraction of sp³-hybridized carbons (Fsp3) is 0.211. The Morgan fingerprint density at radius 2 is 2.00 bits per heavy atom. The number of nitrogens with zero attached hydrogens (tertiary/aromatic N) is 4. The van der Waals surface area contributed by atoms with Gasteiger partial charge in [-0.25, -0.2) is 5.43 Å². The van der Waals surface area contributed by atoms with Crippen LogP contribution in [0, 0.1) is 0 Å². The van der Waals surface area contributed by atoms with E-state index in [9.17, 15) is 4.79 Å². The van der Waals surface area contributed by atoms with E-state index in [0.29, 0.717) is 5.56 Å². The molecule has 0 saturated carbocycles. The van der Waals surface area contributed by atoms with Crippen LogP contribution < -0.4 is 10.3 Å². The molecular formula is C19H19N5O2. The van der Waals surface area contributed by atoms with Crippen LogP contribution in [0.1, 0.15) is 10.4 Å². The highest BCUT2D eigenvalue weighted by atomic mass is 16.5. The summed E-state index contributed by atoms with van der Waals surface area (Å²) in [6.07, 6.45) is 4.88. The maximum atomic E-state index is 12.2. The molecule has 132 valence electrons. The quantitative estimate of drug-likeness (QED) is 0.781. The van der Waals surface area contributed by atoms with E-state index in [1.807, 2.05) is 18.2 Å². The fourth-order valence-electron chi connectivity index (χ4n) is 2.89. The van der Waals surface area contributed by atoms with Gasteiger partial charge < -0.3 is 9.64 Å². The zero-order chi connectivity index (χ0) is 17.8. The molecule has 3 heterocycles. The second-order valence-electron chi connectivity index (χ2n) is 5.98. The number of rotatable bonds is 4. The van der Waals surface area contributed by atoms with Gasteiger partial charge in [0.1, 0.15) is 0 Å². The van der Waals surface area contributed by atoms with Gasteiger partial charge in [-0.3, -0.25) is 9.78 Å². The second kappa shape index (κ2) is 7.37. The summed E-state index contributed by atoms with van der Waals surface area (Å²) >= 11 is 0. The number of ether oxygens (including phenoxy) is 1. The Kier molecular flexibility index (Phi) is 4.61. The summed E-state index contributed by atoms with van der Waals surface area (Å²) in [6.45, 7) is 3.27. The van der Waals surface area contributed by atoms with Crippen molar-refractivity contribution in [3.8, 4) is 11.3 Å². The van der Waals surface area contributed by atoms with E-state index in [2.05, 4.69) is 32.5 Å². The van der Waals surface area contributed by atoms with Gasteiger partial charge in [0, 0.05) is 42.9 Å². The highest BCUT2D eigenvalue weighted by Crippen LogP contribution is 2.24. The number of hydrogen-bond donors (Lipinski definition) is 1. The Balaban J connectivity index is 1.50. The van der Waals surface area contributed by atoms with E-state index in [1.54, 1.807) is 24.5 Å². The van der Waals surface area contributed by atoms with Crippen LogP contribution in [-0.2, 0) is 4.74 Å². The smallest absolute Gasteiger partial charge is 0.272 e. The molecule has 0 atom stereocenters. The van der Waals surface area contributed by atoms with Gasteiger partial charge in [-0.15, -0.1) is 0 Å². The molecule has 4 rings (SSSR count). The molecule has 0 bridgehead atoms. The number of aromatic nitrogens is 3. The topological polar surface area (TPSA) is 72.3 Å². The number of morpholine rings is 1. The van der Waals surface area contributed by atoms with Crippen molar-refractivity contribution in [2.45, 2.75) is 0 Å². The molecule has 0 unspecified atom stereocenters. The first-order chi connectivity index (χ1) is 12.8. The summed E-state index contributed by atoms with van der Waals surface area (Å²) in [4.78, 5) is 19.9. The van der Waals surface area contributed by atoms with E-state index in [0.717, 1.165) is 43.2 Å². The van der Waals surface area contributed by atoms with Gasteiger partial charge >= 0.3 is 0 Å². The summed E-state index contributed by atoms with van der Waals surface area (Å²) in [5, 5.41) is 4.45. The van der Waals surface area contributed by atoms with Gasteiger partial charge in [0.25, 0.3) is 5.91 Å². The molecule has 7 heteroatoms. The van der Waals surface area contributed by atoms with Crippen LogP contribution in [0.5, 0.6) is 0 Å². The average molecular weight is 349 g/mol. The molecule has 7 nitrogen and oxygen atoms in total. The first-order valence-electron chi connectivity index (χ1n) is 8.50. The molecule has 0 radical (unpaired) electrons. The minimum atomic E-state index is -0.255. The van der Waals surface area contributed by atoms with E-state index < -0.39 is 0 Å². The number of pyridine rings is 1. The summed E-state index contributed by atoms with van der Waals surface area (Å²) in [5.74, 6) is -0.255. The summed E-state index contributed by atoms with van der Waals surface area (Å²) in [6, 6.07) is 13.5. The predicted octanol–water partition coefficient (Wildman–Crippen LogP) is 2.17. The Labute approximate surface area is 151 Å². The number of hydrogen-bond acceptors (Lipinski definition) is 5. The Bertz CT molecular complexity index is 888. The summed E-state index contributed by atoms with van der Waals surface area (Å²) in [5.41, 5.74) is 6.16. The van der Waals surface area contributed by atoms with Crippen molar-refractivity contribution in [1.82, 2.24) is 14.9 Å². The lowest BCUT2D eigenvalue weighted by Crippen LogP contribution is -2.36. The maximum Gasteiger partial charge on any atom is 0.272 e. The van der Waals surface area contributed by atoms with Crippen molar-refractivity contribution in [1.29, 1.82) is 0 Å².